The molecule has 154 valence electrons. The lowest BCUT2D eigenvalue weighted by molar-refractivity contribution is 0.0303. The van der Waals surface area contributed by atoms with Gasteiger partial charge in [-0.3, -0.25) is 0 Å². The van der Waals surface area contributed by atoms with Crippen LogP contribution in [-0.4, -0.2) is 48.6 Å². The Balaban J connectivity index is 1.46. The summed E-state index contributed by atoms with van der Waals surface area (Å²) in [6, 6.07) is 9.68. The molecule has 5 rings (SSSR count). The van der Waals surface area contributed by atoms with Crippen LogP contribution < -0.4 is 14.8 Å². The minimum atomic E-state index is -0.301. The Bertz CT molecular complexity index is 1110. The van der Waals surface area contributed by atoms with Gasteiger partial charge in [-0.2, -0.15) is 0 Å². The maximum atomic E-state index is 13.2. The summed E-state index contributed by atoms with van der Waals surface area (Å²) in [6.45, 7) is 4.88. The number of aromatic nitrogens is 2. The summed E-state index contributed by atoms with van der Waals surface area (Å²) >= 11 is 0. The van der Waals surface area contributed by atoms with Crippen molar-refractivity contribution < 1.29 is 23.3 Å². The number of methoxy groups -OCH3 is 1. The van der Waals surface area contributed by atoms with Crippen molar-refractivity contribution in [3.05, 3.63) is 60.7 Å². The molecule has 2 aromatic carbocycles. The monoisotopic (exact) mass is 409 g/mol. The van der Waals surface area contributed by atoms with Gasteiger partial charge in [0.1, 0.15) is 30.2 Å². The fourth-order valence-corrected chi connectivity index (χ4v) is 3.76. The van der Waals surface area contributed by atoms with Crippen LogP contribution in [-0.2, 0) is 9.47 Å². The molecular weight excluding hydrogens is 389 g/mol. The normalized spacial score (nSPS) is 22.9. The van der Waals surface area contributed by atoms with E-state index in [0.717, 1.165) is 11.0 Å². The van der Waals surface area contributed by atoms with Gasteiger partial charge in [0.2, 0.25) is 0 Å². The van der Waals surface area contributed by atoms with Crippen LogP contribution in [0.15, 0.2) is 54.9 Å². The summed E-state index contributed by atoms with van der Waals surface area (Å²) in [7, 11) is 1.58. The van der Waals surface area contributed by atoms with Crippen molar-refractivity contribution in [1.29, 1.82) is 0 Å². The Morgan fingerprint density at radius 2 is 1.97 bits per heavy atom. The standard InChI is InChI=1S/C22H20FN3O4/c1-12-9-28-21-19(10-29-20(12)21)30-18-8-16-15(7-17(18)27-2)22(25-11-24-16)26-14-5-3-13(23)4-6-14/h3-8,11,19-21H,1,9-10H2,2H3,(H,24,25,26)/t19-,20?,21?/m1/s1. The third-order valence-electron chi connectivity index (χ3n) is 5.27. The van der Waals surface area contributed by atoms with Gasteiger partial charge in [0.15, 0.2) is 17.6 Å². The van der Waals surface area contributed by atoms with Crippen LogP contribution in [0.3, 0.4) is 0 Å². The van der Waals surface area contributed by atoms with Gasteiger partial charge in [-0.15, -0.1) is 0 Å². The van der Waals surface area contributed by atoms with Gasteiger partial charge in [-0.05, 0) is 35.9 Å². The number of nitrogens with one attached hydrogen (secondary N) is 1. The lowest BCUT2D eigenvalue weighted by Crippen LogP contribution is -2.32. The number of ether oxygens (including phenoxy) is 4. The zero-order valence-corrected chi connectivity index (χ0v) is 16.3. The number of anilines is 2. The quantitative estimate of drug-likeness (QED) is 0.645. The Morgan fingerprint density at radius 3 is 2.77 bits per heavy atom. The molecule has 3 aromatic rings. The highest BCUT2D eigenvalue weighted by molar-refractivity contribution is 5.93. The average molecular weight is 409 g/mol. The van der Waals surface area contributed by atoms with Crippen molar-refractivity contribution in [3.63, 3.8) is 0 Å². The molecule has 2 fully saturated rings. The van der Waals surface area contributed by atoms with E-state index in [2.05, 4.69) is 21.9 Å². The molecular formula is C22H20FN3O4. The molecule has 0 aliphatic carbocycles. The van der Waals surface area contributed by atoms with E-state index >= 15 is 0 Å². The zero-order valence-electron chi connectivity index (χ0n) is 16.3. The minimum absolute atomic E-state index is 0.129. The summed E-state index contributed by atoms with van der Waals surface area (Å²) in [6.07, 6.45) is 0.886. The topological polar surface area (TPSA) is 74.7 Å². The number of benzene rings is 2. The van der Waals surface area contributed by atoms with Gasteiger partial charge in [-0.1, -0.05) is 6.58 Å². The largest absolute Gasteiger partial charge is 0.493 e. The molecule has 2 aliphatic rings. The predicted octanol–water partition coefficient (Wildman–Crippen LogP) is 3.62. The second-order valence-corrected chi connectivity index (χ2v) is 7.22. The first kappa shape index (κ1) is 18.8. The number of nitrogens with zero attached hydrogens (tertiary/aromatic N) is 2. The fraction of sp³-hybridized carbons (Fsp3) is 0.273. The lowest BCUT2D eigenvalue weighted by Gasteiger charge is -2.20. The highest BCUT2D eigenvalue weighted by atomic mass is 19.1. The highest BCUT2D eigenvalue weighted by Crippen LogP contribution is 2.38. The van der Waals surface area contributed by atoms with Crippen molar-refractivity contribution in [2.24, 2.45) is 0 Å². The molecule has 3 heterocycles. The van der Waals surface area contributed by atoms with E-state index in [-0.39, 0.29) is 24.1 Å². The number of hydrogen-bond acceptors (Lipinski definition) is 7. The summed E-state index contributed by atoms with van der Waals surface area (Å²) < 4.78 is 36.5. The molecule has 7 nitrogen and oxygen atoms in total. The molecule has 0 radical (unpaired) electrons. The number of hydrogen-bond donors (Lipinski definition) is 1. The molecule has 2 unspecified atom stereocenters. The Hall–Kier alpha value is -3.23. The molecule has 1 N–H and O–H groups in total. The van der Waals surface area contributed by atoms with Crippen LogP contribution >= 0.6 is 0 Å². The van der Waals surface area contributed by atoms with Crippen LogP contribution in [0, 0.1) is 5.82 Å². The Labute approximate surface area is 172 Å². The van der Waals surface area contributed by atoms with Crippen LogP contribution in [0.5, 0.6) is 11.5 Å². The summed E-state index contributed by atoms with van der Waals surface area (Å²) in [4.78, 5) is 8.69. The summed E-state index contributed by atoms with van der Waals surface area (Å²) in [5, 5.41) is 3.94. The molecule has 30 heavy (non-hydrogen) atoms. The third-order valence-corrected chi connectivity index (χ3v) is 5.27. The van der Waals surface area contributed by atoms with Crippen LogP contribution in [0.4, 0.5) is 15.9 Å². The van der Waals surface area contributed by atoms with Gasteiger partial charge in [0.05, 0.1) is 25.8 Å². The second-order valence-electron chi connectivity index (χ2n) is 7.22. The van der Waals surface area contributed by atoms with E-state index in [1.54, 1.807) is 19.2 Å². The first-order chi connectivity index (χ1) is 14.6. The minimum Gasteiger partial charge on any atom is -0.493 e. The van der Waals surface area contributed by atoms with Crippen molar-refractivity contribution in [2.45, 2.75) is 18.3 Å². The van der Waals surface area contributed by atoms with Gasteiger partial charge < -0.3 is 24.3 Å². The van der Waals surface area contributed by atoms with Crippen LogP contribution in [0.2, 0.25) is 0 Å². The van der Waals surface area contributed by atoms with Gasteiger partial charge >= 0.3 is 0 Å². The van der Waals surface area contributed by atoms with E-state index in [9.17, 15) is 4.39 Å². The van der Waals surface area contributed by atoms with E-state index in [0.29, 0.717) is 41.7 Å². The number of halogens is 1. The second kappa shape index (κ2) is 7.55. The van der Waals surface area contributed by atoms with E-state index < -0.39 is 0 Å². The first-order valence-electron chi connectivity index (χ1n) is 9.55. The molecule has 0 bridgehead atoms. The summed E-state index contributed by atoms with van der Waals surface area (Å²) in [5.41, 5.74) is 2.32. The number of fused-ring (bicyclic) bond motifs is 2. The van der Waals surface area contributed by atoms with Crippen LogP contribution in [0.1, 0.15) is 0 Å². The maximum absolute atomic E-state index is 13.2. The molecule has 8 heteroatoms. The Morgan fingerprint density at radius 1 is 1.13 bits per heavy atom. The van der Waals surface area contributed by atoms with Gasteiger partial charge in [0.25, 0.3) is 0 Å². The van der Waals surface area contributed by atoms with Gasteiger partial charge in [-0.25, -0.2) is 14.4 Å². The molecule has 2 aliphatic heterocycles. The van der Waals surface area contributed by atoms with E-state index in [1.807, 2.05) is 12.1 Å². The molecule has 0 amide bonds. The van der Waals surface area contributed by atoms with Crippen molar-refractivity contribution in [3.8, 4) is 11.5 Å². The SMILES string of the molecule is C=C1COC2C1OC[C@H]2Oc1cc2ncnc(Nc3ccc(F)cc3)c2cc1OC. The molecule has 2 saturated heterocycles. The van der Waals surface area contributed by atoms with Crippen LogP contribution in [0.25, 0.3) is 10.9 Å². The van der Waals surface area contributed by atoms with Crippen molar-refractivity contribution in [2.75, 3.05) is 25.6 Å². The molecule has 1 aromatic heterocycles. The van der Waals surface area contributed by atoms with E-state index in [4.69, 9.17) is 18.9 Å². The predicted molar refractivity (Wildman–Crippen MR) is 109 cm³/mol. The van der Waals surface area contributed by atoms with Crippen molar-refractivity contribution >= 4 is 22.4 Å². The third kappa shape index (κ3) is 3.34. The maximum Gasteiger partial charge on any atom is 0.164 e. The lowest BCUT2D eigenvalue weighted by atomic mass is 10.1. The first-order valence-corrected chi connectivity index (χ1v) is 9.55. The Kier molecular flexibility index (Phi) is 4.72. The van der Waals surface area contributed by atoms with Crippen molar-refractivity contribution in [1.82, 2.24) is 9.97 Å². The zero-order chi connectivity index (χ0) is 20.7. The van der Waals surface area contributed by atoms with E-state index in [1.165, 1.54) is 18.5 Å². The molecule has 0 spiro atoms. The fourth-order valence-electron chi connectivity index (χ4n) is 3.76. The summed E-state index contributed by atoms with van der Waals surface area (Å²) in [5.74, 6) is 1.37. The smallest absolute Gasteiger partial charge is 0.164 e. The highest BCUT2D eigenvalue weighted by Gasteiger charge is 2.45. The molecule has 0 saturated carbocycles. The molecule has 3 atom stereocenters. The number of rotatable bonds is 5. The van der Waals surface area contributed by atoms with Gasteiger partial charge in [0, 0.05) is 17.1 Å². The average Bonchev–Trinajstić information content (AvgIpc) is 3.32.